The normalized spacial score (nSPS) is 24.5. The van der Waals surface area contributed by atoms with Gasteiger partial charge in [-0.05, 0) is 18.9 Å². The first-order chi connectivity index (χ1) is 11.5. The van der Waals surface area contributed by atoms with Crippen molar-refractivity contribution in [3.63, 3.8) is 0 Å². The van der Waals surface area contributed by atoms with E-state index in [1.165, 1.54) is 0 Å². The predicted octanol–water partition coefficient (Wildman–Crippen LogP) is 2.16. The smallest absolute Gasteiger partial charge is 0.256 e. The van der Waals surface area contributed by atoms with Gasteiger partial charge in [-0.3, -0.25) is 4.79 Å². The van der Waals surface area contributed by atoms with Crippen LogP contribution in [0.5, 0.6) is 0 Å². The highest BCUT2D eigenvalue weighted by Crippen LogP contribution is 2.35. The van der Waals surface area contributed by atoms with Crippen molar-refractivity contribution in [2.24, 2.45) is 12.5 Å². The first kappa shape index (κ1) is 17.0. The molecule has 5 nitrogen and oxygen atoms in total. The molecule has 1 aromatic carbocycles. The molecule has 1 amide bonds. The fourth-order valence-corrected chi connectivity index (χ4v) is 3.98. The lowest BCUT2D eigenvalue weighted by Crippen LogP contribution is -2.55. The molecule has 2 aromatic rings. The number of carbonyl (C=O) groups excluding carboxylic acids is 1. The number of aliphatic hydroxyl groups excluding tert-OH is 2. The van der Waals surface area contributed by atoms with Crippen molar-refractivity contribution in [3.05, 3.63) is 36.0 Å². The van der Waals surface area contributed by atoms with E-state index in [1.54, 1.807) is 4.90 Å². The topological polar surface area (TPSA) is 65.7 Å². The van der Waals surface area contributed by atoms with Crippen molar-refractivity contribution >= 4 is 16.8 Å². The van der Waals surface area contributed by atoms with Gasteiger partial charge in [0.15, 0.2) is 0 Å². The van der Waals surface area contributed by atoms with Gasteiger partial charge >= 0.3 is 0 Å². The number of piperidine rings is 1. The number of fused-ring (bicyclic) bond motifs is 1. The first-order valence-electron chi connectivity index (χ1n) is 8.64. The maximum Gasteiger partial charge on any atom is 0.256 e. The minimum atomic E-state index is -0.604. The molecule has 0 radical (unpaired) electrons. The van der Waals surface area contributed by atoms with E-state index in [0.717, 1.165) is 17.3 Å². The Morgan fingerprint density at radius 3 is 2.83 bits per heavy atom. The van der Waals surface area contributed by atoms with Crippen molar-refractivity contribution in [2.75, 3.05) is 19.7 Å². The van der Waals surface area contributed by atoms with Gasteiger partial charge in [0.05, 0.1) is 18.3 Å². The average Bonchev–Trinajstić information content (AvgIpc) is 2.94. The van der Waals surface area contributed by atoms with Gasteiger partial charge in [0.25, 0.3) is 5.91 Å². The third kappa shape index (κ3) is 2.72. The van der Waals surface area contributed by atoms with Crippen LogP contribution in [0.25, 0.3) is 10.9 Å². The van der Waals surface area contributed by atoms with E-state index in [1.807, 2.05) is 49.0 Å². The Hall–Kier alpha value is -1.85. The van der Waals surface area contributed by atoms with Gasteiger partial charge in [0.1, 0.15) is 0 Å². The van der Waals surface area contributed by atoms with E-state index in [0.29, 0.717) is 31.5 Å². The molecule has 0 spiro atoms. The zero-order valence-corrected chi connectivity index (χ0v) is 14.4. The summed E-state index contributed by atoms with van der Waals surface area (Å²) in [6, 6.07) is 7.87. The van der Waals surface area contributed by atoms with Gasteiger partial charge in [0, 0.05) is 42.7 Å². The van der Waals surface area contributed by atoms with E-state index in [-0.39, 0.29) is 12.5 Å². The molecule has 0 aliphatic carbocycles. The maximum absolute atomic E-state index is 13.1. The SMILES string of the molecule is CCC[C@@]1(CO)CN(C(=O)c2cn(C)c3ccccc23)CC[C@@H]1O. The highest BCUT2D eigenvalue weighted by molar-refractivity contribution is 6.07. The molecule has 0 bridgehead atoms. The second-order valence-corrected chi connectivity index (χ2v) is 6.97. The van der Waals surface area contributed by atoms with Crippen LogP contribution in [-0.2, 0) is 7.05 Å². The van der Waals surface area contributed by atoms with Crippen LogP contribution in [0, 0.1) is 5.41 Å². The van der Waals surface area contributed by atoms with Crippen LogP contribution in [0.4, 0.5) is 0 Å². The molecule has 1 aliphatic rings. The number of rotatable bonds is 4. The molecule has 130 valence electrons. The molecular formula is C19H26N2O3. The van der Waals surface area contributed by atoms with Crippen LogP contribution in [0.15, 0.2) is 30.5 Å². The summed E-state index contributed by atoms with van der Waals surface area (Å²) in [5, 5.41) is 21.2. The number of carbonyl (C=O) groups is 1. The fourth-order valence-electron chi connectivity index (χ4n) is 3.98. The van der Waals surface area contributed by atoms with Gasteiger partial charge < -0.3 is 19.7 Å². The number of benzene rings is 1. The lowest BCUT2D eigenvalue weighted by molar-refractivity contribution is -0.0719. The zero-order valence-electron chi connectivity index (χ0n) is 14.4. The highest BCUT2D eigenvalue weighted by Gasteiger charge is 2.43. The Morgan fingerprint density at radius 2 is 2.12 bits per heavy atom. The molecule has 5 heteroatoms. The van der Waals surface area contributed by atoms with Crippen LogP contribution in [0.1, 0.15) is 36.5 Å². The number of hydrogen-bond donors (Lipinski definition) is 2. The Labute approximate surface area is 142 Å². The van der Waals surface area contributed by atoms with Crippen molar-refractivity contribution in [1.82, 2.24) is 9.47 Å². The third-order valence-corrected chi connectivity index (χ3v) is 5.36. The summed E-state index contributed by atoms with van der Waals surface area (Å²) in [4.78, 5) is 14.9. The van der Waals surface area contributed by atoms with E-state index in [2.05, 4.69) is 0 Å². The van der Waals surface area contributed by atoms with Gasteiger partial charge in [-0.25, -0.2) is 0 Å². The minimum Gasteiger partial charge on any atom is -0.396 e. The van der Waals surface area contributed by atoms with Gasteiger partial charge in [-0.2, -0.15) is 0 Å². The number of hydrogen-bond acceptors (Lipinski definition) is 3. The third-order valence-electron chi connectivity index (χ3n) is 5.36. The number of aliphatic hydroxyl groups is 2. The number of nitrogens with zero attached hydrogens (tertiary/aromatic N) is 2. The van der Waals surface area contributed by atoms with E-state index >= 15 is 0 Å². The molecule has 0 saturated carbocycles. The second-order valence-electron chi connectivity index (χ2n) is 6.97. The van der Waals surface area contributed by atoms with Gasteiger partial charge in [-0.15, -0.1) is 0 Å². The summed E-state index contributed by atoms with van der Waals surface area (Å²) in [5.41, 5.74) is 1.11. The predicted molar refractivity (Wildman–Crippen MR) is 93.9 cm³/mol. The average molecular weight is 330 g/mol. The second kappa shape index (κ2) is 6.57. The number of aryl methyl sites for hydroxylation is 1. The van der Waals surface area contributed by atoms with Crippen LogP contribution < -0.4 is 0 Å². The van der Waals surface area contributed by atoms with Crippen molar-refractivity contribution in [3.8, 4) is 0 Å². The maximum atomic E-state index is 13.1. The van der Waals surface area contributed by atoms with Gasteiger partial charge in [-0.1, -0.05) is 31.5 Å². The summed E-state index contributed by atoms with van der Waals surface area (Å²) in [5.74, 6) is -0.0207. The van der Waals surface area contributed by atoms with E-state index in [4.69, 9.17) is 0 Å². The van der Waals surface area contributed by atoms with Crippen LogP contribution >= 0.6 is 0 Å². The largest absolute Gasteiger partial charge is 0.396 e. The van der Waals surface area contributed by atoms with Crippen LogP contribution in [0.3, 0.4) is 0 Å². The molecule has 2 N–H and O–H groups in total. The molecule has 0 unspecified atom stereocenters. The first-order valence-corrected chi connectivity index (χ1v) is 8.64. The molecule has 3 rings (SSSR count). The molecule has 24 heavy (non-hydrogen) atoms. The van der Waals surface area contributed by atoms with Gasteiger partial charge in [0.2, 0.25) is 0 Å². The number of aromatic nitrogens is 1. The number of para-hydroxylation sites is 1. The molecule has 1 aliphatic heterocycles. The van der Waals surface area contributed by atoms with Crippen LogP contribution in [0.2, 0.25) is 0 Å². The quantitative estimate of drug-likeness (QED) is 0.903. The van der Waals surface area contributed by atoms with Crippen molar-refractivity contribution < 1.29 is 15.0 Å². The van der Waals surface area contributed by atoms with Crippen molar-refractivity contribution in [1.29, 1.82) is 0 Å². The Morgan fingerprint density at radius 1 is 1.38 bits per heavy atom. The molecule has 2 heterocycles. The molecule has 1 saturated heterocycles. The standard InChI is InChI=1S/C19H26N2O3/c1-3-9-19(13-22)12-21(10-8-17(19)23)18(24)15-11-20(2)16-7-5-4-6-14(15)16/h4-7,11,17,22-23H,3,8-10,12-13H2,1-2H3/t17-,19-/m0/s1. The molecule has 2 atom stereocenters. The molecule has 1 fully saturated rings. The zero-order chi connectivity index (χ0) is 17.3. The molecule has 1 aromatic heterocycles. The summed E-state index contributed by atoms with van der Waals surface area (Å²) >= 11 is 0. The Bertz CT molecular complexity index is 739. The summed E-state index contributed by atoms with van der Waals surface area (Å²) in [6.45, 7) is 2.87. The molecular weight excluding hydrogens is 304 g/mol. The summed E-state index contributed by atoms with van der Waals surface area (Å²) in [6.07, 6.45) is 3.41. The lowest BCUT2D eigenvalue weighted by Gasteiger charge is -2.45. The highest BCUT2D eigenvalue weighted by atomic mass is 16.3. The van der Waals surface area contributed by atoms with E-state index < -0.39 is 11.5 Å². The van der Waals surface area contributed by atoms with E-state index in [9.17, 15) is 15.0 Å². The Balaban J connectivity index is 1.92. The summed E-state index contributed by atoms with van der Waals surface area (Å²) < 4.78 is 1.96. The lowest BCUT2D eigenvalue weighted by atomic mass is 9.74. The number of amides is 1. The minimum absolute atomic E-state index is 0.0207. The van der Waals surface area contributed by atoms with Crippen molar-refractivity contribution in [2.45, 2.75) is 32.3 Å². The monoisotopic (exact) mass is 330 g/mol. The van der Waals surface area contributed by atoms with Crippen LogP contribution in [-0.4, -0.2) is 51.4 Å². The fraction of sp³-hybridized carbons (Fsp3) is 0.526. The number of likely N-dealkylation sites (tertiary alicyclic amines) is 1. The summed E-state index contributed by atoms with van der Waals surface area (Å²) in [7, 11) is 1.94. The Kier molecular flexibility index (Phi) is 4.65.